The molecule has 1 aliphatic rings. The van der Waals surface area contributed by atoms with Gasteiger partial charge in [0.25, 0.3) is 5.91 Å². The van der Waals surface area contributed by atoms with Crippen molar-refractivity contribution in [2.75, 3.05) is 18.5 Å². The minimum absolute atomic E-state index is 0.202. The molecule has 0 atom stereocenters. The average Bonchev–Trinajstić information content (AvgIpc) is 3.23. The fourth-order valence-corrected chi connectivity index (χ4v) is 4.49. The predicted molar refractivity (Wildman–Crippen MR) is 126 cm³/mol. The van der Waals surface area contributed by atoms with E-state index < -0.39 is 0 Å². The van der Waals surface area contributed by atoms with Crippen molar-refractivity contribution in [1.29, 1.82) is 0 Å². The number of ether oxygens (including phenoxy) is 2. The van der Waals surface area contributed by atoms with Crippen molar-refractivity contribution in [3.8, 4) is 22.1 Å². The van der Waals surface area contributed by atoms with Crippen LogP contribution in [-0.2, 0) is 0 Å². The summed E-state index contributed by atoms with van der Waals surface area (Å²) in [4.78, 5) is 17.4. The highest BCUT2D eigenvalue weighted by Crippen LogP contribution is 2.34. The van der Waals surface area contributed by atoms with E-state index in [1.807, 2.05) is 48.5 Å². The van der Waals surface area contributed by atoms with Gasteiger partial charge in [-0.15, -0.1) is 11.3 Å². The molecule has 6 nitrogen and oxygen atoms in total. The Morgan fingerprint density at radius 3 is 2.61 bits per heavy atom. The van der Waals surface area contributed by atoms with E-state index in [-0.39, 0.29) is 11.0 Å². The van der Waals surface area contributed by atoms with Gasteiger partial charge in [0.15, 0.2) is 16.6 Å². The van der Waals surface area contributed by atoms with Crippen molar-refractivity contribution in [3.05, 3.63) is 72.3 Å². The van der Waals surface area contributed by atoms with Crippen LogP contribution in [0.5, 0.6) is 11.5 Å². The Kier molecular flexibility index (Phi) is 5.23. The minimum Gasteiger partial charge on any atom is -0.486 e. The van der Waals surface area contributed by atoms with Crippen LogP contribution in [0, 0.1) is 0 Å². The predicted octanol–water partition coefficient (Wildman–Crippen LogP) is 4.86. The summed E-state index contributed by atoms with van der Waals surface area (Å²) in [6.07, 6.45) is 0. The van der Waals surface area contributed by atoms with Crippen LogP contribution >= 0.6 is 23.6 Å². The van der Waals surface area contributed by atoms with Crippen molar-refractivity contribution in [3.63, 3.8) is 0 Å². The highest BCUT2D eigenvalue weighted by molar-refractivity contribution is 7.80. The molecule has 1 amide bonds. The molecule has 4 aromatic rings. The number of amides is 1. The summed E-state index contributed by atoms with van der Waals surface area (Å²) in [7, 11) is 0. The van der Waals surface area contributed by atoms with Gasteiger partial charge in [-0.25, -0.2) is 4.98 Å². The first-order chi connectivity index (χ1) is 15.2. The quantitative estimate of drug-likeness (QED) is 0.437. The van der Waals surface area contributed by atoms with Gasteiger partial charge in [0.2, 0.25) is 0 Å². The molecule has 31 heavy (non-hydrogen) atoms. The number of rotatable bonds is 3. The fourth-order valence-electron chi connectivity index (χ4n) is 3.28. The third-order valence-electron chi connectivity index (χ3n) is 4.73. The van der Waals surface area contributed by atoms with Gasteiger partial charge >= 0.3 is 0 Å². The normalized spacial score (nSPS) is 12.4. The Morgan fingerprint density at radius 2 is 1.74 bits per heavy atom. The SMILES string of the molecule is O=C(NC(=S)Nc1ccccc1-c1nc2ccccc2s1)c1ccc2c(c1)OCCO2. The summed E-state index contributed by atoms with van der Waals surface area (Å²) in [5, 5.41) is 6.93. The lowest BCUT2D eigenvalue weighted by atomic mass is 10.2. The number of carbonyl (C=O) groups excluding carboxylic acids is 1. The molecule has 2 N–H and O–H groups in total. The number of benzene rings is 3. The third kappa shape index (κ3) is 4.08. The molecule has 0 saturated heterocycles. The Morgan fingerprint density at radius 1 is 0.968 bits per heavy atom. The Balaban J connectivity index is 1.33. The number of hydrogen-bond donors (Lipinski definition) is 2. The number of anilines is 1. The highest BCUT2D eigenvalue weighted by Gasteiger charge is 2.16. The highest BCUT2D eigenvalue weighted by atomic mass is 32.1. The number of fused-ring (bicyclic) bond motifs is 2. The first-order valence-electron chi connectivity index (χ1n) is 9.64. The van der Waals surface area contributed by atoms with Gasteiger partial charge in [0.05, 0.1) is 15.9 Å². The number of hydrogen-bond acceptors (Lipinski definition) is 6. The number of carbonyl (C=O) groups is 1. The van der Waals surface area contributed by atoms with Crippen LogP contribution < -0.4 is 20.1 Å². The van der Waals surface area contributed by atoms with E-state index in [4.69, 9.17) is 26.7 Å². The summed E-state index contributed by atoms with van der Waals surface area (Å²) in [5.74, 6) is 0.860. The molecule has 0 spiro atoms. The maximum absolute atomic E-state index is 12.7. The molecule has 2 heterocycles. The summed E-state index contributed by atoms with van der Waals surface area (Å²) in [5.41, 5.74) is 3.08. The molecule has 1 aromatic heterocycles. The Bertz CT molecular complexity index is 1270. The van der Waals surface area contributed by atoms with Crippen LogP contribution in [0.4, 0.5) is 5.69 Å². The van der Waals surface area contributed by atoms with E-state index in [9.17, 15) is 4.79 Å². The lowest BCUT2D eigenvalue weighted by Gasteiger charge is -2.19. The maximum atomic E-state index is 12.7. The molecule has 0 bridgehead atoms. The molecular formula is C23H17N3O3S2. The van der Waals surface area contributed by atoms with Gasteiger partial charge in [0.1, 0.15) is 18.2 Å². The fraction of sp³-hybridized carbons (Fsp3) is 0.0870. The maximum Gasteiger partial charge on any atom is 0.257 e. The van der Waals surface area contributed by atoms with Crippen LogP contribution in [0.1, 0.15) is 10.4 Å². The van der Waals surface area contributed by atoms with Gasteiger partial charge in [-0.3, -0.25) is 10.1 Å². The second-order valence-corrected chi connectivity index (χ2v) is 8.24. The molecule has 0 saturated carbocycles. The van der Waals surface area contributed by atoms with Crippen LogP contribution in [-0.4, -0.2) is 29.2 Å². The monoisotopic (exact) mass is 447 g/mol. The molecule has 1 aliphatic heterocycles. The smallest absolute Gasteiger partial charge is 0.257 e. The Hall–Kier alpha value is -3.49. The zero-order chi connectivity index (χ0) is 21.2. The zero-order valence-corrected chi connectivity index (χ0v) is 17.9. The number of nitrogens with zero attached hydrogens (tertiary/aromatic N) is 1. The number of nitrogens with one attached hydrogen (secondary N) is 2. The second kappa shape index (κ2) is 8.33. The van der Waals surface area contributed by atoms with Crippen molar-refractivity contribution >= 4 is 50.5 Å². The van der Waals surface area contributed by atoms with Crippen molar-refractivity contribution < 1.29 is 14.3 Å². The van der Waals surface area contributed by atoms with E-state index in [2.05, 4.69) is 10.6 Å². The number of para-hydroxylation sites is 2. The third-order valence-corrected chi connectivity index (χ3v) is 6.00. The van der Waals surface area contributed by atoms with E-state index in [0.29, 0.717) is 30.3 Å². The molecule has 0 radical (unpaired) electrons. The number of thiocarbonyl (C=S) groups is 1. The number of thiazole rings is 1. The largest absolute Gasteiger partial charge is 0.486 e. The molecule has 0 fully saturated rings. The minimum atomic E-state index is -0.327. The second-order valence-electron chi connectivity index (χ2n) is 6.80. The Labute approximate surface area is 187 Å². The van der Waals surface area contributed by atoms with E-state index >= 15 is 0 Å². The average molecular weight is 448 g/mol. The van der Waals surface area contributed by atoms with Crippen LogP contribution in [0.15, 0.2) is 66.7 Å². The first kappa shape index (κ1) is 19.5. The van der Waals surface area contributed by atoms with Crippen LogP contribution in [0.3, 0.4) is 0 Å². The lowest BCUT2D eigenvalue weighted by molar-refractivity contribution is 0.0976. The van der Waals surface area contributed by atoms with Gasteiger partial charge in [-0.2, -0.15) is 0 Å². The molecule has 154 valence electrons. The summed E-state index contributed by atoms with van der Waals surface area (Å²) < 4.78 is 12.2. The van der Waals surface area contributed by atoms with Gasteiger partial charge in [-0.05, 0) is 54.7 Å². The topological polar surface area (TPSA) is 72.5 Å². The molecule has 0 aliphatic carbocycles. The van der Waals surface area contributed by atoms with E-state index in [1.165, 1.54) is 0 Å². The van der Waals surface area contributed by atoms with Gasteiger partial charge in [0, 0.05) is 11.1 Å². The van der Waals surface area contributed by atoms with Crippen molar-refractivity contribution in [2.24, 2.45) is 0 Å². The standard InChI is InChI=1S/C23H17N3O3S2/c27-21(14-9-10-18-19(13-14)29-12-11-28-18)26-23(30)25-16-6-2-1-5-15(16)22-24-17-7-3-4-8-20(17)31-22/h1-10,13H,11-12H2,(H2,25,26,27,30). The molecule has 8 heteroatoms. The van der Waals surface area contributed by atoms with Crippen LogP contribution in [0.25, 0.3) is 20.8 Å². The molecule has 3 aromatic carbocycles. The zero-order valence-electron chi connectivity index (χ0n) is 16.3. The molecular weight excluding hydrogens is 430 g/mol. The summed E-state index contributed by atoms with van der Waals surface area (Å²) in [6.45, 7) is 0.960. The lowest BCUT2D eigenvalue weighted by Crippen LogP contribution is -2.34. The van der Waals surface area contributed by atoms with E-state index in [1.54, 1.807) is 29.5 Å². The summed E-state index contributed by atoms with van der Waals surface area (Å²) >= 11 is 7.00. The number of aromatic nitrogens is 1. The van der Waals surface area contributed by atoms with Crippen LogP contribution in [0.2, 0.25) is 0 Å². The molecule has 0 unspecified atom stereocenters. The van der Waals surface area contributed by atoms with Crippen molar-refractivity contribution in [2.45, 2.75) is 0 Å². The van der Waals surface area contributed by atoms with Gasteiger partial charge < -0.3 is 14.8 Å². The first-order valence-corrected chi connectivity index (χ1v) is 10.9. The van der Waals surface area contributed by atoms with E-state index in [0.717, 1.165) is 26.5 Å². The molecule has 5 rings (SSSR count). The summed E-state index contributed by atoms with van der Waals surface area (Å²) in [6, 6.07) is 20.8. The van der Waals surface area contributed by atoms with Crippen molar-refractivity contribution in [1.82, 2.24) is 10.3 Å². The van der Waals surface area contributed by atoms with Gasteiger partial charge in [-0.1, -0.05) is 24.3 Å².